The van der Waals surface area contributed by atoms with Gasteiger partial charge < -0.3 is 20.1 Å². The molecular weight excluding hydrogens is 360 g/mol. The molecule has 4 unspecified atom stereocenters. The third kappa shape index (κ3) is 7.52. The van der Waals surface area contributed by atoms with Crippen molar-refractivity contribution in [1.29, 1.82) is 0 Å². The summed E-state index contributed by atoms with van der Waals surface area (Å²) >= 11 is 0. The number of carbonyl (C=O) groups excluding carboxylic acids is 2. The molecule has 0 aromatic rings. The fourth-order valence-corrected chi connectivity index (χ4v) is 3.64. The number of alkyl carbamates (subject to hydrolysis) is 1. The van der Waals surface area contributed by atoms with Crippen molar-refractivity contribution in [2.75, 3.05) is 6.54 Å². The number of nitrogens with zero attached hydrogens (tertiary/aromatic N) is 1. The van der Waals surface area contributed by atoms with Gasteiger partial charge in [0.2, 0.25) is 5.91 Å². The van der Waals surface area contributed by atoms with E-state index < -0.39 is 29.7 Å². The lowest BCUT2D eigenvalue weighted by atomic mass is 9.88. The Kier molecular flexibility index (Phi) is 8.98. The van der Waals surface area contributed by atoms with Crippen molar-refractivity contribution < 1.29 is 24.2 Å². The van der Waals surface area contributed by atoms with E-state index in [0.29, 0.717) is 25.3 Å². The number of carbonyl (C=O) groups is 3. The monoisotopic (exact) mass is 396 g/mol. The van der Waals surface area contributed by atoms with Crippen LogP contribution < -0.4 is 5.32 Å². The Labute approximate surface area is 168 Å². The van der Waals surface area contributed by atoms with Gasteiger partial charge in [-0.3, -0.25) is 4.79 Å². The van der Waals surface area contributed by atoms with Crippen molar-refractivity contribution in [2.24, 2.45) is 11.8 Å². The second-order valence-electron chi connectivity index (χ2n) is 8.84. The lowest BCUT2D eigenvalue weighted by Crippen LogP contribution is -2.55. The SMILES string of the molecule is C=CCCC(C)CC(C)C(NC(=O)OC(C)(C)C)C(=O)N1CCCC1C(=O)O. The molecule has 4 atom stereocenters. The minimum atomic E-state index is -1.01. The number of ether oxygens (including phenoxy) is 1. The number of rotatable bonds is 9. The van der Waals surface area contributed by atoms with Gasteiger partial charge in [0.25, 0.3) is 0 Å². The Morgan fingerprint density at radius 3 is 2.50 bits per heavy atom. The fraction of sp³-hybridized carbons (Fsp3) is 0.762. The predicted molar refractivity (Wildman–Crippen MR) is 108 cm³/mol. The summed E-state index contributed by atoms with van der Waals surface area (Å²) in [6, 6.07) is -1.65. The van der Waals surface area contributed by atoms with Crippen LogP contribution in [0.25, 0.3) is 0 Å². The van der Waals surface area contributed by atoms with Gasteiger partial charge in [-0.05, 0) is 64.7 Å². The summed E-state index contributed by atoms with van der Waals surface area (Å²) in [6.45, 7) is 13.4. The number of likely N-dealkylation sites (tertiary alicyclic amines) is 1. The van der Waals surface area contributed by atoms with E-state index in [-0.39, 0.29) is 11.8 Å². The van der Waals surface area contributed by atoms with Gasteiger partial charge in [0.15, 0.2) is 0 Å². The maximum absolute atomic E-state index is 13.2. The van der Waals surface area contributed by atoms with Gasteiger partial charge in [-0.1, -0.05) is 19.9 Å². The minimum absolute atomic E-state index is 0.158. The first-order valence-corrected chi connectivity index (χ1v) is 10.1. The molecule has 0 aromatic carbocycles. The Hall–Kier alpha value is -2.05. The van der Waals surface area contributed by atoms with E-state index in [1.165, 1.54) is 4.90 Å². The molecule has 28 heavy (non-hydrogen) atoms. The molecule has 1 heterocycles. The number of allylic oxidation sites excluding steroid dienone is 1. The van der Waals surface area contributed by atoms with Crippen LogP contribution in [0.5, 0.6) is 0 Å². The molecule has 1 rings (SSSR count). The smallest absolute Gasteiger partial charge is 0.408 e. The second-order valence-corrected chi connectivity index (χ2v) is 8.84. The number of carboxylic acid groups (broad SMARTS) is 1. The molecule has 2 amide bonds. The van der Waals surface area contributed by atoms with Gasteiger partial charge in [0, 0.05) is 6.54 Å². The first kappa shape index (κ1) is 24.0. The van der Waals surface area contributed by atoms with E-state index in [1.54, 1.807) is 20.8 Å². The van der Waals surface area contributed by atoms with Crippen molar-refractivity contribution in [3.05, 3.63) is 12.7 Å². The standard InChI is InChI=1S/C21H36N2O5/c1-7-8-10-14(2)13-15(3)17(22-20(27)28-21(4,5)6)18(24)23-12-9-11-16(23)19(25)26/h7,14-17H,1,8-13H2,2-6H3,(H,22,27)(H,25,26). The first-order chi connectivity index (χ1) is 13.0. The first-order valence-electron chi connectivity index (χ1n) is 10.1. The molecule has 0 bridgehead atoms. The number of hydrogen-bond donors (Lipinski definition) is 2. The zero-order valence-corrected chi connectivity index (χ0v) is 17.9. The largest absolute Gasteiger partial charge is 0.480 e. The number of amides is 2. The van der Waals surface area contributed by atoms with Crippen LogP contribution in [0.4, 0.5) is 4.79 Å². The maximum Gasteiger partial charge on any atom is 0.408 e. The van der Waals surface area contributed by atoms with Crippen molar-refractivity contribution in [1.82, 2.24) is 10.2 Å². The van der Waals surface area contributed by atoms with Crippen molar-refractivity contribution in [3.63, 3.8) is 0 Å². The predicted octanol–water partition coefficient (Wildman–Crippen LogP) is 3.58. The third-order valence-electron chi connectivity index (χ3n) is 4.97. The molecule has 0 aromatic heterocycles. The Bertz CT molecular complexity index is 570. The topological polar surface area (TPSA) is 95.9 Å². The number of hydrogen-bond acceptors (Lipinski definition) is 4. The van der Waals surface area contributed by atoms with E-state index in [9.17, 15) is 19.5 Å². The van der Waals surface area contributed by atoms with Crippen LogP contribution in [0.15, 0.2) is 12.7 Å². The van der Waals surface area contributed by atoms with E-state index in [4.69, 9.17) is 4.74 Å². The van der Waals surface area contributed by atoms with Crippen LogP contribution in [-0.4, -0.2) is 52.2 Å². The summed E-state index contributed by atoms with van der Waals surface area (Å²) in [5.74, 6) is -1.17. The third-order valence-corrected chi connectivity index (χ3v) is 4.97. The van der Waals surface area contributed by atoms with Crippen molar-refractivity contribution >= 4 is 18.0 Å². The molecular formula is C21H36N2O5. The van der Waals surface area contributed by atoms with Crippen LogP contribution in [0.2, 0.25) is 0 Å². The molecule has 1 aliphatic rings. The summed E-state index contributed by atoms with van der Waals surface area (Å²) in [7, 11) is 0. The molecule has 0 spiro atoms. The van der Waals surface area contributed by atoms with E-state index in [0.717, 1.165) is 19.3 Å². The molecule has 1 aliphatic heterocycles. The van der Waals surface area contributed by atoms with Gasteiger partial charge in [-0.15, -0.1) is 6.58 Å². The summed E-state index contributed by atoms with van der Waals surface area (Å²) in [4.78, 5) is 38.4. The second kappa shape index (κ2) is 10.5. The molecule has 0 radical (unpaired) electrons. The van der Waals surface area contributed by atoms with Gasteiger partial charge in [-0.2, -0.15) is 0 Å². The van der Waals surface area contributed by atoms with Crippen molar-refractivity contribution in [2.45, 2.75) is 84.4 Å². The number of carboxylic acids is 1. The van der Waals surface area contributed by atoms with Crippen LogP contribution >= 0.6 is 0 Å². The van der Waals surface area contributed by atoms with Crippen LogP contribution in [0.3, 0.4) is 0 Å². The zero-order chi connectivity index (χ0) is 21.5. The summed E-state index contributed by atoms with van der Waals surface area (Å²) in [5, 5.41) is 12.1. The van der Waals surface area contributed by atoms with Gasteiger partial charge in [-0.25, -0.2) is 9.59 Å². The van der Waals surface area contributed by atoms with Gasteiger partial charge in [0.05, 0.1) is 0 Å². The highest BCUT2D eigenvalue weighted by Crippen LogP contribution is 2.25. The lowest BCUT2D eigenvalue weighted by Gasteiger charge is -2.32. The Balaban J connectivity index is 2.95. The quantitative estimate of drug-likeness (QED) is 0.581. The van der Waals surface area contributed by atoms with Crippen molar-refractivity contribution in [3.8, 4) is 0 Å². The molecule has 7 heteroatoms. The van der Waals surface area contributed by atoms with E-state index in [2.05, 4.69) is 18.8 Å². The van der Waals surface area contributed by atoms with Crippen LogP contribution in [0, 0.1) is 11.8 Å². The Morgan fingerprint density at radius 1 is 1.32 bits per heavy atom. The molecule has 2 N–H and O–H groups in total. The molecule has 1 fully saturated rings. The van der Waals surface area contributed by atoms with Crippen LogP contribution in [0.1, 0.15) is 66.7 Å². The average molecular weight is 397 g/mol. The number of nitrogens with one attached hydrogen (secondary N) is 1. The highest BCUT2D eigenvalue weighted by Gasteiger charge is 2.40. The summed E-state index contributed by atoms with van der Waals surface area (Å²) in [6.07, 6.45) is 4.84. The van der Waals surface area contributed by atoms with Gasteiger partial charge in [0.1, 0.15) is 17.7 Å². The minimum Gasteiger partial charge on any atom is -0.480 e. The highest BCUT2D eigenvalue weighted by molar-refractivity contribution is 5.90. The molecule has 0 saturated carbocycles. The molecule has 160 valence electrons. The fourth-order valence-electron chi connectivity index (χ4n) is 3.64. The molecule has 7 nitrogen and oxygen atoms in total. The summed E-state index contributed by atoms with van der Waals surface area (Å²) < 4.78 is 5.32. The van der Waals surface area contributed by atoms with Gasteiger partial charge >= 0.3 is 12.1 Å². The lowest BCUT2D eigenvalue weighted by molar-refractivity contribution is -0.149. The number of aliphatic carboxylic acids is 1. The summed E-state index contributed by atoms with van der Waals surface area (Å²) in [5.41, 5.74) is -0.685. The van der Waals surface area contributed by atoms with E-state index >= 15 is 0 Å². The van der Waals surface area contributed by atoms with E-state index in [1.807, 2.05) is 13.0 Å². The average Bonchev–Trinajstić information content (AvgIpc) is 3.05. The molecule has 0 aliphatic carbocycles. The Morgan fingerprint density at radius 2 is 1.96 bits per heavy atom. The zero-order valence-electron chi connectivity index (χ0n) is 17.9. The normalized spacial score (nSPS) is 20.2. The van der Waals surface area contributed by atoms with Crippen LogP contribution in [-0.2, 0) is 14.3 Å². The molecule has 1 saturated heterocycles. The highest BCUT2D eigenvalue weighted by atomic mass is 16.6. The maximum atomic E-state index is 13.2.